The molecule has 0 aliphatic carbocycles. The molecule has 2 aromatic carbocycles. The number of hydrogen-bond acceptors (Lipinski definition) is 5. The molecule has 0 radical (unpaired) electrons. The summed E-state index contributed by atoms with van der Waals surface area (Å²) in [6, 6.07) is 13.1. The lowest BCUT2D eigenvalue weighted by Crippen LogP contribution is -2.26. The van der Waals surface area contributed by atoms with E-state index in [0.717, 1.165) is 28.4 Å². The van der Waals surface area contributed by atoms with Crippen LogP contribution in [0.5, 0.6) is 17.2 Å². The van der Waals surface area contributed by atoms with Gasteiger partial charge in [-0.2, -0.15) is 0 Å². The van der Waals surface area contributed by atoms with Crippen LogP contribution in [0.4, 0.5) is 0 Å². The third kappa shape index (κ3) is 5.24. The van der Waals surface area contributed by atoms with E-state index in [2.05, 4.69) is 0 Å². The third-order valence-corrected chi connectivity index (χ3v) is 4.04. The first-order chi connectivity index (χ1) is 13.2. The first kappa shape index (κ1) is 18.8. The van der Waals surface area contributed by atoms with E-state index < -0.39 is 12.1 Å². The lowest BCUT2D eigenvalue weighted by atomic mass is 10.1. The Kier molecular flexibility index (Phi) is 6.33. The molecule has 0 aromatic heterocycles. The quantitative estimate of drug-likeness (QED) is 0.728. The predicted molar refractivity (Wildman–Crippen MR) is 100 cm³/mol. The van der Waals surface area contributed by atoms with Gasteiger partial charge in [-0.3, -0.25) is 0 Å². The predicted octanol–water partition coefficient (Wildman–Crippen LogP) is 3.54. The summed E-state index contributed by atoms with van der Waals surface area (Å²) in [6.07, 6.45) is 3.37. The number of aliphatic carboxylic acids is 1. The van der Waals surface area contributed by atoms with Crippen LogP contribution in [-0.2, 0) is 16.0 Å². The van der Waals surface area contributed by atoms with Gasteiger partial charge in [0.05, 0.1) is 0 Å². The highest BCUT2D eigenvalue weighted by Gasteiger charge is 2.17. The number of ether oxygens (including phenoxy) is 4. The van der Waals surface area contributed by atoms with Gasteiger partial charge in [-0.15, -0.1) is 0 Å². The molecule has 1 aliphatic rings. The molecule has 0 amide bonds. The minimum atomic E-state index is -0.953. The SMILES string of the molecule is CCO[C@@H](Cc1ccc(OCC=Cc2ccc3c(c2)OCO3)cc1)C(=O)O. The van der Waals surface area contributed by atoms with Crippen molar-refractivity contribution in [2.75, 3.05) is 20.0 Å². The summed E-state index contributed by atoms with van der Waals surface area (Å²) < 4.78 is 21.6. The molecule has 142 valence electrons. The van der Waals surface area contributed by atoms with E-state index >= 15 is 0 Å². The summed E-state index contributed by atoms with van der Waals surface area (Å²) in [5.41, 5.74) is 1.90. The topological polar surface area (TPSA) is 74.2 Å². The van der Waals surface area contributed by atoms with Gasteiger partial charge in [0.1, 0.15) is 12.4 Å². The first-order valence-electron chi connectivity index (χ1n) is 8.78. The molecule has 0 saturated carbocycles. The standard InChI is InChI=1S/C21H22O6/c1-2-24-20(21(22)23)13-16-5-8-17(9-6-16)25-11-3-4-15-7-10-18-19(12-15)27-14-26-18/h3-10,12,20H,2,11,13-14H2,1H3,(H,22,23)/t20-/m0/s1. The molecule has 1 aliphatic heterocycles. The number of hydrogen-bond donors (Lipinski definition) is 1. The van der Waals surface area contributed by atoms with Crippen LogP contribution in [0.2, 0.25) is 0 Å². The van der Waals surface area contributed by atoms with Crippen LogP contribution in [0, 0.1) is 0 Å². The molecular formula is C21H22O6. The Balaban J connectivity index is 1.49. The fourth-order valence-electron chi connectivity index (χ4n) is 2.70. The highest BCUT2D eigenvalue weighted by Crippen LogP contribution is 2.32. The molecule has 6 nitrogen and oxygen atoms in total. The van der Waals surface area contributed by atoms with Crippen LogP contribution in [0.1, 0.15) is 18.1 Å². The molecule has 6 heteroatoms. The van der Waals surface area contributed by atoms with E-state index in [9.17, 15) is 4.79 Å². The summed E-state index contributed by atoms with van der Waals surface area (Å²) in [7, 11) is 0. The summed E-state index contributed by atoms with van der Waals surface area (Å²) in [6.45, 7) is 2.84. The van der Waals surface area contributed by atoms with Crippen molar-refractivity contribution in [3.8, 4) is 17.2 Å². The zero-order valence-electron chi connectivity index (χ0n) is 15.1. The van der Waals surface area contributed by atoms with Crippen molar-refractivity contribution in [3.05, 3.63) is 59.7 Å². The second-order valence-corrected chi connectivity index (χ2v) is 5.96. The Morgan fingerprint density at radius 1 is 1.19 bits per heavy atom. The molecular weight excluding hydrogens is 348 g/mol. The summed E-state index contributed by atoms with van der Waals surface area (Å²) in [4.78, 5) is 11.1. The number of fused-ring (bicyclic) bond motifs is 1. The Bertz CT molecular complexity index is 797. The molecule has 3 rings (SSSR count). The second-order valence-electron chi connectivity index (χ2n) is 5.96. The van der Waals surface area contributed by atoms with Crippen molar-refractivity contribution in [1.82, 2.24) is 0 Å². The summed E-state index contributed by atoms with van der Waals surface area (Å²) >= 11 is 0. The largest absolute Gasteiger partial charge is 0.490 e. The van der Waals surface area contributed by atoms with Crippen molar-refractivity contribution < 1.29 is 28.8 Å². The Morgan fingerprint density at radius 2 is 1.96 bits per heavy atom. The van der Waals surface area contributed by atoms with Crippen molar-refractivity contribution in [2.24, 2.45) is 0 Å². The van der Waals surface area contributed by atoms with Crippen LogP contribution in [-0.4, -0.2) is 37.2 Å². The van der Waals surface area contributed by atoms with Gasteiger partial charge in [0.15, 0.2) is 17.6 Å². The maximum Gasteiger partial charge on any atom is 0.333 e. The lowest BCUT2D eigenvalue weighted by Gasteiger charge is -2.12. The monoisotopic (exact) mass is 370 g/mol. The van der Waals surface area contributed by atoms with E-state index in [1.54, 1.807) is 6.92 Å². The van der Waals surface area contributed by atoms with Crippen molar-refractivity contribution in [3.63, 3.8) is 0 Å². The van der Waals surface area contributed by atoms with Crippen molar-refractivity contribution in [2.45, 2.75) is 19.4 Å². The zero-order valence-corrected chi connectivity index (χ0v) is 15.1. The number of rotatable bonds is 9. The zero-order chi connectivity index (χ0) is 19.1. The molecule has 0 fully saturated rings. The van der Waals surface area contributed by atoms with Gasteiger partial charge in [-0.1, -0.05) is 24.3 Å². The Labute approximate surface area is 157 Å². The highest BCUT2D eigenvalue weighted by molar-refractivity contribution is 5.72. The fraction of sp³-hybridized carbons (Fsp3) is 0.286. The van der Waals surface area contributed by atoms with Crippen LogP contribution in [0.15, 0.2) is 48.5 Å². The first-order valence-corrected chi connectivity index (χ1v) is 8.78. The summed E-state index contributed by atoms with van der Waals surface area (Å²) in [5, 5.41) is 9.14. The maximum absolute atomic E-state index is 11.1. The molecule has 2 aromatic rings. The van der Waals surface area contributed by atoms with Crippen molar-refractivity contribution in [1.29, 1.82) is 0 Å². The fourth-order valence-corrected chi connectivity index (χ4v) is 2.70. The van der Waals surface area contributed by atoms with Crippen molar-refractivity contribution >= 4 is 12.0 Å². The molecule has 1 atom stereocenters. The van der Waals surface area contributed by atoms with E-state index in [1.165, 1.54) is 0 Å². The molecule has 27 heavy (non-hydrogen) atoms. The Hall–Kier alpha value is -2.99. The number of carboxylic acids is 1. The van der Waals surface area contributed by atoms with E-state index in [0.29, 0.717) is 19.6 Å². The Morgan fingerprint density at radius 3 is 2.70 bits per heavy atom. The average molecular weight is 370 g/mol. The number of carboxylic acid groups (broad SMARTS) is 1. The van der Waals surface area contributed by atoms with Gasteiger partial charge in [0, 0.05) is 13.0 Å². The number of carbonyl (C=O) groups is 1. The van der Waals surface area contributed by atoms with Gasteiger partial charge in [-0.25, -0.2) is 4.79 Å². The normalized spacial score (nSPS) is 13.7. The van der Waals surface area contributed by atoms with Crippen LogP contribution >= 0.6 is 0 Å². The molecule has 0 saturated heterocycles. The van der Waals surface area contributed by atoms with Crippen LogP contribution in [0.25, 0.3) is 6.08 Å². The van der Waals surface area contributed by atoms with Gasteiger partial charge >= 0.3 is 5.97 Å². The number of benzene rings is 2. The minimum Gasteiger partial charge on any atom is -0.490 e. The van der Waals surface area contributed by atoms with Crippen LogP contribution < -0.4 is 14.2 Å². The second kappa shape index (κ2) is 9.09. The van der Waals surface area contributed by atoms with E-state index in [4.69, 9.17) is 24.1 Å². The van der Waals surface area contributed by atoms with Gasteiger partial charge < -0.3 is 24.1 Å². The molecule has 0 unspecified atom stereocenters. The van der Waals surface area contributed by atoms with Gasteiger partial charge in [0.2, 0.25) is 6.79 Å². The average Bonchev–Trinajstić information content (AvgIpc) is 3.14. The third-order valence-electron chi connectivity index (χ3n) is 4.04. The van der Waals surface area contributed by atoms with E-state index in [1.807, 2.05) is 54.6 Å². The molecule has 1 heterocycles. The molecule has 0 spiro atoms. The smallest absolute Gasteiger partial charge is 0.333 e. The summed E-state index contributed by atoms with van der Waals surface area (Å²) in [5.74, 6) is 1.28. The van der Waals surface area contributed by atoms with Crippen LogP contribution in [0.3, 0.4) is 0 Å². The van der Waals surface area contributed by atoms with Gasteiger partial charge in [0.25, 0.3) is 0 Å². The molecule has 0 bridgehead atoms. The van der Waals surface area contributed by atoms with Gasteiger partial charge in [-0.05, 0) is 48.4 Å². The maximum atomic E-state index is 11.1. The van der Waals surface area contributed by atoms with E-state index in [-0.39, 0.29) is 6.79 Å². The molecule has 1 N–H and O–H groups in total. The minimum absolute atomic E-state index is 0.263. The highest BCUT2D eigenvalue weighted by atomic mass is 16.7. The lowest BCUT2D eigenvalue weighted by molar-refractivity contribution is -0.149.